The van der Waals surface area contributed by atoms with Crippen molar-refractivity contribution >= 4 is 6.16 Å². The van der Waals surface area contributed by atoms with Gasteiger partial charge in [0.25, 0.3) is 0 Å². The Bertz CT molecular complexity index is 307. The van der Waals surface area contributed by atoms with E-state index in [1.54, 1.807) is 12.1 Å². The van der Waals surface area contributed by atoms with Crippen LogP contribution in [0.4, 0.5) is 9.18 Å². The predicted octanol–water partition coefficient (Wildman–Crippen LogP) is 2.19. The number of carboxylic acid groups (broad SMARTS) is 2. The van der Waals surface area contributed by atoms with Gasteiger partial charge in [-0.1, -0.05) is 18.2 Å². The van der Waals surface area contributed by atoms with Gasteiger partial charge in [0.15, 0.2) is 0 Å². The second-order valence-electron chi connectivity index (χ2n) is 1.87. The molecule has 2 N–H and O–H groups in total. The number of rotatable bonds is 0. The lowest BCUT2D eigenvalue weighted by molar-refractivity contribution is 0.137. The van der Waals surface area contributed by atoms with Crippen molar-refractivity contribution in [1.82, 2.24) is 0 Å². The molecule has 0 heterocycles. The smallest absolute Gasteiger partial charge is 0.450 e. The number of carbonyl (C=O) groups is 1. The molecular weight excluding hydrogens is 175 g/mol. The Morgan fingerprint density at radius 2 is 1.69 bits per heavy atom. The van der Waals surface area contributed by atoms with Crippen LogP contribution < -0.4 is 0 Å². The molecule has 68 valence electrons. The van der Waals surface area contributed by atoms with Gasteiger partial charge >= 0.3 is 6.16 Å². The van der Waals surface area contributed by atoms with Crippen LogP contribution in [-0.4, -0.2) is 16.4 Å². The summed E-state index contributed by atoms with van der Waals surface area (Å²) < 4.78 is 11.3. The first-order valence-electron chi connectivity index (χ1n) is 3.25. The SMILES string of the molecule is FC#Cc1ccccc1.O=C(O)O. The molecule has 0 spiro atoms. The molecular formula is C9H7FO3. The van der Waals surface area contributed by atoms with E-state index in [4.69, 9.17) is 15.0 Å². The first-order chi connectivity index (χ1) is 6.16. The molecule has 0 aromatic heterocycles. The Labute approximate surface area is 74.4 Å². The van der Waals surface area contributed by atoms with Crippen molar-refractivity contribution in [2.24, 2.45) is 0 Å². The van der Waals surface area contributed by atoms with E-state index >= 15 is 0 Å². The normalized spacial score (nSPS) is 7.15. The van der Waals surface area contributed by atoms with Crippen LogP contribution in [0.5, 0.6) is 0 Å². The average Bonchev–Trinajstić information content (AvgIpc) is 2.06. The predicted molar refractivity (Wildman–Crippen MR) is 45.1 cm³/mol. The van der Waals surface area contributed by atoms with E-state index in [1.165, 1.54) is 6.17 Å². The van der Waals surface area contributed by atoms with E-state index in [0.717, 1.165) is 0 Å². The molecule has 0 radical (unpaired) electrons. The Hall–Kier alpha value is -2.02. The molecule has 1 aromatic rings. The molecule has 0 amide bonds. The number of benzene rings is 1. The molecule has 0 aliphatic rings. The standard InChI is InChI=1S/C8H5F.CH2O3/c9-7-6-8-4-2-1-3-5-8;2-1(3)4/h1-5H;(H2,2,3,4). The minimum Gasteiger partial charge on any atom is -0.450 e. The van der Waals surface area contributed by atoms with Crippen molar-refractivity contribution in [2.75, 3.05) is 0 Å². The Balaban J connectivity index is 0.000000310. The van der Waals surface area contributed by atoms with Gasteiger partial charge < -0.3 is 10.2 Å². The van der Waals surface area contributed by atoms with Crippen molar-refractivity contribution in [3.8, 4) is 12.1 Å². The third kappa shape index (κ3) is 7.88. The summed E-state index contributed by atoms with van der Waals surface area (Å²) in [6.45, 7) is 0. The maximum Gasteiger partial charge on any atom is 0.503 e. The highest BCUT2D eigenvalue weighted by Gasteiger charge is 1.78. The fourth-order valence-corrected chi connectivity index (χ4v) is 0.576. The van der Waals surface area contributed by atoms with Crippen molar-refractivity contribution in [2.45, 2.75) is 0 Å². The molecule has 0 fully saturated rings. The highest BCUT2D eigenvalue weighted by molar-refractivity contribution is 5.53. The van der Waals surface area contributed by atoms with Gasteiger partial charge in [-0.25, -0.2) is 4.79 Å². The third-order valence-corrected chi connectivity index (χ3v) is 0.965. The lowest BCUT2D eigenvalue weighted by Gasteiger charge is -1.82. The van der Waals surface area contributed by atoms with Gasteiger partial charge in [-0.3, -0.25) is 0 Å². The molecule has 0 unspecified atom stereocenters. The molecule has 1 rings (SSSR count). The maximum absolute atomic E-state index is 11.3. The Kier molecular flexibility index (Phi) is 5.64. The maximum atomic E-state index is 11.3. The van der Waals surface area contributed by atoms with E-state index in [1.807, 2.05) is 18.2 Å². The lowest BCUT2D eigenvalue weighted by atomic mass is 10.2. The first-order valence-corrected chi connectivity index (χ1v) is 3.25. The van der Waals surface area contributed by atoms with Crippen LogP contribution in [-0.2, 0) is 0 Å². The molecule has 0 saturated carbocycles. The quantitative estimate of drug-likeness (QED) is 0.604. The van der Waals surface area contributed by atoms with Crippen molar-refractivity contribution < 1.29 is 19.4 Å². The van der Waals surface area contributed by atoms with Crippen LogP contribution in [0.25, 0.3) is 0 Å². The fourth-order valence-electron chi connectivity index (χ4n) is 0.576. The lowest BCUT2D eigenvalue weighted by Crippen LogP contribution is -1.81. The van der Waals surface area contributed by atoms with Crippen LogP contribution in [0.2, 0.25) is 0 Å². The van der Waals surface area contributed by atoms with Gasteiger partial charge in [0, 0.05) is 5.56 Å². The Morgan fingerprint density at radius 3 is 2.08 bits per heavy atom. The summed E-state index contributed by atoms with van der Waals surface area (Å²) in [5.74, 6) is 2.29. The second-order valence-corrected chi connectivity index (χ2v) is 1.87. The average molecular weight is 182 g/mol. The summed E-state index contributed by atoms with van der Waals surface area (Å²) in [5.41, 5.74) is 0.708. The molecule has 13 heavy (non-hydrogen) atoms. The Morgan fingerprint density at radius 1 is 1.23 bits per heavy atom. The second kappa shape index (κ2) is 6.68. The number of halogens is 1. The third-order valence-electron chi connectivity index (χ3n) is 0.965. The zero-order chi connectivity index (χ0) is 10.1. The largest absolute Gasteiger partial charge is 0.503 e. The highest BCUT2D eigenvalue weighted by atomic mass is 19.1. The van der Waals surface area contributed by atoms with Gasteiger partial charge in [0.2, 0.25) is 0 Å². The zero-order valence-electron chi connectivity index (χ0n) is 6.57. The van der Waals surface area contributed by atoms with Gasteiger partial charge in [-0.15, -0.1) is 4.39 Å². The van der Waals surface area contributed by atoms with E-state index in [9.17, 15) is 4.39 Å². The first kappa shape index (κ1) is 11.0. The molecule has 4 heteroatoms. The zero-order valence-corrected chi connectivity index (χ0v) is 6.57. The van der Waals surface area contributed by atoms with Crippen molar-refractivity contribution in [1.29, 1.82) is 0 Å². The van der Waals surface area contributed by atoms with Crippen molar-refractivity contribution in [3.05, 3.63) is 35.9 Å². The van der Waals surface area contributed by atoms with Gasteiger partial charge in [0.1, 0.15) is 6.17 Å². The van der Waals surface area contributed by atoms with Crippen LogP contribution in [0.1, 0.15) is 5.56 Å². The molecule has 0 aliphatic carbocycles. The van der Waals surface area contributed by atoms with E-state index < -0.39 is 6.16 Å². The van der Waals surface area contributed by atoms with Gasteiger partial charge in [-0.05, 0) is 18.1 Å². The summed E-state index contributed by atoms with van der Waals surface area (Å²) >= 11 is 0. The number of hydrogen-bond donors (Lipinski definition) is 2. The molecule has 0 atom stereocenters. The molecule has 0 bridgehead atoms. The summed E-state index contributed by atoms with van der Waals surface area (Å²) in [4.78, 5) is 8.56. The van der Waals surface area contributed by atoms with Gasteiger partial charge in [-0.2, -0.15) is 0 Å². The number of hydrogen-bond acceptors (Lipinski definition) is 1. The topological polar surface area (TPSA) is 57.5 Å². The van der Waals surface area contributed by atoms with E-state index in [0.29, 0.717) is 5.56 Å². The highest BCUT2D eigenvalue weighted by Crippen LogP contribution is 1.93. The molecule has 1 aromatic carbocycles. The summed E-state index contributed by atoms with van der Waals surface area (Å²) in [6, 6.07) is 9.02. The van der Waals surface area contributed by atoms with Crippen molar-refractivity contribution in [3.63, 3.8) is 0 Å². The summed E-state index contributed by atoms with van der Waals surface area (Å²) in [7, 11) is 0. The van der Waals surface area contributed by atoms with Crippen LogP contribution in [0.3, 0.4) is 0 Å². The summed E-state index contributed by atoms with van der Waals surface area (Å²) in [6.07, 6.45) is -0.499. The molecule has 0 saturated heterocycles. The van der Waals surface area contributed by atoms with E-state index in [2.05, 4.69) is 5.92 Å². The molecule has 3 nitrogen and oxygen atoms in total. The fraction of sp³-hybridized carbons (Fsp3) is 0. The van der Waals surface area contributed by atoms with Crippen LogP contribution >= 0.6 is 0 Å². The van der Waals surface area contributed by atoms with Gasteiger partial charge in [0.05, 0.1) is 0 Å². The molecule has 0 aliphatic heterocycles. The van der Waals surface area contributed by atoms with E-state index in [-0.39, 0.29) is 0 Å². The minimum absolute atomic E-state index is 0.708. The minimum atomic E-state index is -1.83. The van der Waals surface area contributed by atoms with Crippen LogP contribution in [0, 0.1) is 12.1 Å². The van der Waals surface area contributed by atoms with Crippen LogP contribution in [0.15, 0.2) is 30.3 Å². The monoisotopic (exact) mass is 182 g/mol. The summed E-state index contributed by atoms with van der Waals surface area (Å²) in [5, 5.41) is 13.9.